The zero-order chi connectivity index (χ0) is 24.4. The van der Waals surface area contributed by atoms with Crippen LogP contribution in [-0.4, -0.2) is 30.4 Å². The molecule has 33 heavy (non-hydrogen) atoms. The largest absolute Gasteiger partial charge is 0.497 e. The lowest BCUT2D eigenvalue weighted by Crippen LogP contribution is -2.40. The molecule has 0 amide bonds. The van der Waals surface area contributed by atoms with Crippen molar-refractivity contribution in [2.75, 3.05) is 14.2 Å². The molecule has 3 aromatic rings. The third-order valence-electron chi connectivity index (χ3n) is 6.10. The molecule has 3 aromatic carbocycles. The third-order valence-corrected chi connectivity index (χ3v) is 10.2. The van der Waals surface area contributed by atoms with E-state index >= 15 is 0 Å². The van der Waals surface area contributed by atoms with Gasteiger partial charge in [-0.1, -0.05) is 81.7 Å². The predicted molar refractivity (Wildman–Crippen MR) is 149 cm³/mol. The van der Waals surface area contributed by atoms with Gasteiger partial charge >= 0.3 is 0 Å². The zero-order valence-corrected chi connectivity index (χ0v) is 23.7. The minimum Gasteiger partial charge on any atom is -0.497 e. The molecule has 0 atom stereocenters. The monoisotopic (exact) mass is 474 g/mol. The second-order valence-electron chi connectivity index (χ2n) is 10.7. The Morgan fingerprint density at radius 3 is 1.76 bits per heavy atom. The molecular formula is C29H38O2Si2. The lowest BCUT2D eigenvalue weighted by molar-refractivity contribution is 0.414. The lowest BCUT2D eigenvalue weighted by Gasteiger charge is -2.31. The van der Waals surface area contributed by atoms with Gasteiger partial charge in [-0.3, -0.25) is 0 Å². The fourth-order valence-corrected chi connectivity index (χ4v) is 8.11. The summed E-state index contributed by atoms with van der Waals surface area (Å²) in [6.07, 6.45) is 0. The van der Waals surface area contributed by atoms with Gasteiger partial charge < -0.3 is 9.47 Å². The van der Waals surface area contributed by atoms with Gasteiger partial charge in [-0.2, -0.15) is 0 Å². The van der Waals surface area contributed by atoms with Gasteiger partial charge in [-0.05, 0) is 69.4 Å². The highest BCUT2D eigenvalue weighted by Crippen LogP contribution is 2.40. The van der Waals surface area contributed by atoms with Gasteiger partial charge in [0.15, 0.2) is 0 Å². The maximum Gasteiger partial charge on any atom is 0.118 e. The Balaban J connectivity index is 2.51. The summed E-state index contributed by atoms with van der Waals surface area (Å²) in [5.41, 5.74) is 6.62. The predicted octanol–water partition coefficient (Wildman–Crippen LogP) is 7.39. The third kappa shape index (κ3) is 5.51. The molecule has 0 saturated heterocycles. The summed E-state index contributed by atoms with van der Waals surface area (Å²) in [4.78, 5) is 0. The van der Waals surface area contributed by atoms with E-state index in [1.165, 1.54) is 38.2 Å². The average Bonchev–Trinajstić information content (AvgIpc) is 2.76. The van der Waals surface area contributed by atoms with Crippen molar-refractivity contribution in [3.8, 4) is 11.5 Å². The van der Waals surface area contributed by atoms with Crippen LogP contribution < -0.4 is 14.7 Å². The molecule has 2 nitrogen and oxygen atoms in total. The van der Waals surface area contributed by atoms with Crippen LogP contribution in [-0.2, 0) is 0 Å². The lowest BCUT2D eigenvalue weighted by atomic mass is 9.92. The molecule has 0 N–H and O–H groups in total. The number of methoxy groups -OCH3 is 2. The van der Waals surface area contributed by atoms with Gasteiger partial charge in [0.1, 0.15) is 11.5 Å². The number of hydrogen-bond donors (Lipinski definition) is 0. The minimum atomic E-state index is -1.79. The standard InChI is InChI=1S/C29H38O2Si2/c1-21-12-10-11-13-25(21)28(26-19-18-24(31-3)20-27(26)32(4,5)6)29(33(7,8)9)22-14-16-23(30-2)17-15-22/h10-20H,1-9H3. The summed E-state index contributed by atoms with van der Waals surface area (Å²) >= 11 is 0. The molecule has 0 spiro atoms. The maximum absolute atomic E-state index is 5.65. The summed E-state index contributed by atoms with van der Waals surface area (Å²) in [6.45, 7) is 16.8. The van der Waals surface area contributed by atoms with Crippen LogP contribution in [0.25, 0.3) is 10.8 Å². The molecule has 0 saturated carbocycles. The smallest absolute Gasteiger partial charge is 0.118 e. The SMILES string of the molecule is COc1ccc(C(=C(c2ccccc2C)c2ccc(OC)cc2[Si](C)(C)C)[Si](C)(C)C)cc1. The molecule has 0 aliphatic heterocycles. The van der Waals surface area contributed by atoms with E-state index in [1.807, 2.05) is 0 Å². The summed E-state index contributed by atoms with van der Waals surface area (Å²) < 4.78 is 11.1. The molecular weight excluding hydrogens is 436 g/mol. The van der Waals surface area contributed by atoms with E-state index in [0.29, 0.717) is 0 Å². The Morgan fingerprint density at radius 1 is 0.667 bits per heavy atom. The van der Waals surface area contributed by atoms with E-state index in [-0.39, 0.29) is 0 Å². The van der Waals surface area contributed by atoms with Crippen molar-refractivity contribution in [2.45, 2.75) is 46.2 Å². The molecule has 0 aliphatic rings. The van der Waals surface area contributed by atoms with Crippen LogP contribution in [0.5, 0.6) is 11.5 Å². The van der Waals surface area contributed by atoms with Crippen molar-refractivity contribution < 1.29 is 9.47 Å². The van der Waals surface area contributed by atoms with Crippen LogP contribution in [0.15, 0.2) is 66.7 Å². The molecule has 0 aromatic heterocycles. The number of benzene rings is 3. The van der Waals surface area contributed by atoms with Crippen LogP contribution in [0.2, 0.25) is 39.3 Å². The van der Waals surface area contributed by atoms with Gasteiger partial charge in [-0.25, -0.2) is 0 Å². The van der Waals surface area contributed by atoms with Gasteiger partial charge in [0, 0.05) is 0 Å². The van der Waals surface area contributed by atoms with Crippen molar-refractivity contribution in [3.05, 3.63) is 89.0 Å². The zero-order valence-electron chi connectivity index (χ0n) is 21.7. The minimum absolute atomic E-state index is 0.887. The summed E-state index contributed by atoms with van der Waals surface area (Å²) in [5, 5.41) is 2.91. The van der Waals surface area contributed by atoms with Crippen LogP contribution in [0.4, 0.5) is 0 Å². The first-order valence-electron chi connectivity index (χ1n) is 11.6. The Bertz CT molecular complexity index is 1150. The van der Waals surface area contributed by atoms with E-state index in [2.05, 4.69) is 113 Å². The van der Waals surface area contributed by atoms with Crippen molar-refractivity contribution >= 4 is 32.1 Å². The first-order valence-corrected chi connectivity index (χ1v) is 18.6. The summed E-state index contributed by atoms with van der Waals surface area (Å²) in [6, 6.07) is 24.1. The fraction of sp³-hybridized carbons (Fsp3) is 0.310. The quantitative estimate of drug-likeness (QED) is 0.262. The molecule has 4 heteroatoms. The van der Waals surface area contributed by atoms with Crippen LogP contribution in [0.1, 0.15) is 22.3 Å². The summed E-state index contributed by atoms with van der Waals surface area (Å²) in [5.74, 6) is 1.82. The van der Waals surface area contributed by atoms with E-state index in [9.17, 15) is 0 Å². The average molecular weight is 475 g/mol. The van der Waals surface area contributed by atoms with E-state index < -0.39 is 16.1 Å². The molecule has 0 radical (unpaired) electrons. The second kappa shape index (κ2) is 9.74. The van der Waals surface area contributed by atoms with Gasteiger partial charge in [0.2, 0.25) is 0 Å². The fourth-order valence-electron chi connectivity index (χ4n) is 4.47. The molecule has 0 aliphatic carbocycles. The number of rotatable bonds is 7. The highest BCUT2D eigenvalue weighted by Gasteiger charge is 2.30. The first kappa shape index (κ1) is 25.1. The molecule has 0 bridgehead atoms. The first-order chi connectivity index (χ1) is 15.5. The normalized spacial score (nSPS) is 12.9. The molecule has 174 valence electrons. The van der Waals surface area contributed by atoms with Crippen LogP contribution >= 0.6 is 0 Å². The van der Waals surface area contributed by atoms with Crippen LogP contribution in [0.3, 0.4) is 0 Å². The van der Waals surface area contributed by atoms with Crippen molar-refractivity contribution in [1.29, 1.82) is 0 Å². The maximum atomic E-state index is 5.65. The topological polar surface area (TPSA) is 18.5 Å². The number of ether oxygens (including phenoxy) is 2. The Morgan fingerprint density at radius 2 is 1.24 bits per heavy atom. The van der Waals surface area contributed by atoms with E-state index in [0.717, 1.165) is 11.5 Å². The van der Waals surface area contributed by atoms with E-state index in [4.69, 9.17) is 9.47 Å². The second-order valence-corrected chi connectivity index (χ2v) is 20.7. The highest BCUT2D eigenvalue weighted by molar-refractivity contribution is 6.95. The molecule has 0 unspecified atom stereocenters. The van der Waals surface area contributed by atoms with Gasteiger partial charge in [0.05, 0.1) is 30.4 Å². The van der Waals surface area contributed by atoms with E-state index in [1.54, 1.807) is 14.2 Å². The number of hydrogen-bond acceptors (Lipinski definition) is 2. The Labute approximate surface area is 202 Å². The molecule has 0 heterocycles. The van der Waals surface area contributed by atoms with Crippen molar-refractivity contribution in [2.24, 2.45) is 0 Å². The van der Waals surface area contributed by atoms with Gasteiger partial charge in [0.25, 0.3) is 0 Å². The molecule has 3 rings (SSSR count). The number of aryl methyl sites for hydroxylation is 1. The summed E-state index contributed by atoms with van der Waals surface area (Å²) in [7, 11) is 0.0132. The van der Waals surface area contributed by atoms with Gasteiger partial charge in [-0.15, -0.1) is 0 Å². The van der Waals surface area contributed by atoms with Crippen LogP contribution in [0, 0.1) is 6.92 Å². The van der Waals surface area contributed by atoms with Crippen molar-refractivity contribution in [3.63, 3.8) is 0 Å². The van der Waals surface area contributed by atoms with Crippen molar-refractivity contribution in [1.82, 2.24) is 0 Å². The molecule has 0 fully saturated rings. The Kier molecular flexibility index (Phi) is 7.40. The highest BCUT2D eigenvalue weighted by atomic mass is 28.3. The Hall–Kier alpha value is -2.57.